The monoisotopic (exact) mass is 549 g/mol. The summed E-state index contributed by atoms with van der Waals surface area (Å²) in [5.74, 6) is -1.85. The summed E-state index contributed by atoms with van der Waals surface area (Å²) in [7, 11) is -5.63. The van der Waals surface area contributed by atoms with E-state index in [1.165, 1.54) is 36.4 Å². The molecule has 4 aromatic rings. The van der Waals surface area contributed by atoms with Crippen LogP contribution in [0.2, 0.25) is 0 Å². The van der Waals surface area contributed by atoms with Crippen molar-refractivity contribution in [2.75, 3.05) is 0 Å². The van der Waals surface area contributed by atoms with Crippen molar-refractivity contribution < 1.29 is 40.3 Å². The average molecular weight is 550 g/mol. The van der Waals surface area contributed by atoms with Crippen LogP contribution in [0.4, 0.5) is 22.0 Å². The first-order chi connectivity index (χ1) is 17.9. The van der Waals surface area contributed by atoms with E-state index in [-0.39, 0.29) is 28.5 Å². The number of sulfone groups is 1. The van der Waals surface area contributed by atoms with E-state index in [9.17, 15) is 40.3 Å². The maximum absolute atomic E-state index is 14.2. The van der Waals surface area contributed by atoms with E-state index >= 15 is 0 Å². The van der Waals surface area contributed by atoms with Crippen molar-refractivity contribution in [3.05, 3.63) is 113 Å². The molecule has 0 aliphatic rings. The van der Waals surface area contributed by atoms with Crippen molar-refractivity contribution in [2.24, 2.45) is 0 Å². The van der Waals surface area contributed by atoms with Crippen LogP contribution >= 0.6 is 0 Å². The van der Waals surface area contributed by atoms with Crippen molar-refractivity contribution in [1.82, 2.24) is 5.32 Å². The lowest BCUT2D eigenvalue weighted by Crippen LogP contribution is -2.41. The van der Waals surface area contributed by atoms with Crippen molar-refractivity contribution >= 4 is 26.5 Å². The van der Waals surface area contributed by atoms with E-state index in [1.807, 2.05) is 0 Å². The van der Waals surface area contributed by atoms with Crippen LogP contribution in [0.1, 0.15) is 27.6 Å². The number of hydrogen-bond acceptors (Lipinski definition) is 4. The maximum atomic E-state index is 14.2. The third-order valence-corrected chi connectivity index (χ3v) is 7.48. The third kappa shape index (κ3) is 5.53. The number of amides is 1. The van der Waals surface area contributed by atoms with Gasteiger partial charge in [0.25, 0.3) is 15.7 Å². The van der Waals surface area contributed by atoms with Gasteiger partial charge in [-0.2, -0.15) is 13.2 Å². The molecule has 11 heteroatoms. The van der Waals surface area contributed by atoms with Crippen molar-refractivity contribution in [3.8, 4) is 0 Å². The molecule has 0 heterocycles. The lowest BCUT2D eigenvalue weighted by atomic mass is 9.95. The third-order valence-electron chi connectivity index (χ3n) is 5.99. The Morgan fingerprint density at radius 3 is 2.18 bits per heavy atom. The molecule has 0 bridgehead atoms. The van der Waals surface area contributed by atoms with Gasteiger partial charge in [0.15, 0.2) is 0 Å². The van der Waals surface area contributed by atoms with Gasteiger partial charge in [0.05, 0.1) is 17.0 Å². The number of rotatable bonds is 7. The molecule has 0 fully saturated rings. The second-order valence-corrected chi connectivity index (χ2v) is 10.5. The standard InChI is InChI=1S/C27H20F5NO4S/c28-18-10-8-17(9-11-18)25(34)24(15-16-4-3-5-19(14-16)38(36,37)27(30,31)32)33-26(35)22-12-13-23(29)21-7-2-1-6-20(21)22/h1-14,24-25,34H,15H2,(H,33,35). The Hall–Kier alpha value is -3.83. The van der Waals surface area contributed by atoms with Crippen LogP contribution in [0, 0.1) is 11.6 Å². The highest BCUT2D eigenvalue weighted by atomic mass is 32.2. The minimum absolute atomic E-state index is 0.0748. The number of aliphatic hydroxyl groups excluding tert-OH is 1. The maximum Gasteiger partial charge on any atom is 0.501 e. The van der Waals surface area contributed by atoms with Crippen molar-refractivity contribution in [1.29, 1.82) is 0 Å². The molecule has 0 saturated carbocycles. The zero-order chi connectivity index (χ0) is 27.7. The van der Waals surface area contributed by atoms with Crippen LogP contribution < -0.4 is 5.32 Å². The number of halogens is 5. The number of alkyl halides is 3. The van der Waals surface area contributed by atoms with Crippen LogP contribution in [0.25, 0.3) is 10.8 Å². The summed E-state index contributed by atoms with van der Waals surface area (Å²) in [5.41, 5.74) is -5.17. The van der Waals surface area contributed by atoms with Crippen LogP contribution in [-0.2, 0) is 16.3 Å². The highest BCUT2D eigenvalue weighted by molar-refractivity contribution is 7.92. The van der Waals surface area contributed by atoms with Gasteiger partial charge in [0, 0.05) is 10.9 Å². The topological polar surface area (TPSA) is 83.5 Å². The first-order valence-corrected chi connectivity index (χ1v) is 12.7. The van der Waals surface area contributed by atoms with Gasteiger partial charge in [0.1, 0.15) is 11.6 Å². The molecule has 0 aromatic heterocycles. The van der Waals surface area contributed by atoms with Crippen LogP contribution in [0.15, 0.2) is 89.8 Å². The Kier molecular flexibility index (Phi) is 7.52. The first-order valence-electron chi connectivity index (χ1n) is 11.2. The summed E-state index contributed by atoms with van der Waals surface area (Å²) in [4.78, 5) is 12.3. The second kappa shape index (κ2) is 10.5. The molecule has 1 amide bonds. The molecule has 0 aliphatic heterocycles. The predicted molar refractivity (Wildman–Crippen MR) is 130 cm³/mol. The molecular formula is C27H20F5NO4S. The van der Waals surface area contributed by atoms with Crippen molar-refractivity contribution in [3.63, 3.8) is 0 Å². The number of hydrogen-bond donors (Lipinski definition) is 2. The molecule has 0 saturated heterocycles. The summed E-state index contributed by atoms with van der Waals surface area (Å²) >= 11 is 0. The smallest absolute Gasteiger partial charge is 0.386 e. The zero-order valence-electron chi connectivity index (χ0n) is 19.4. The van der Waals surface area contributed by atoms with E-state index in [1.54, 1.807) is 12.1 Å². The quantitative estimate of drug-likeness (QED) is 0.299. The fourth-order valence-corrected chi connectivity index (χ4v) is 4.90. The minimum Gasteiger partial charge on any atom is -0.386 e. The van der Waals surface area contributed by atoms with Crippen LogP contribution in [0.5, 0.6) is 0 Å². The summed E-state index contributed by atoms with van der Waals surface area (Å²) in [6.07, 6.45) is -1.75. The molecule has 198 valence electrons. The highest BCUT2D eigenvalue weighted by Crippen LogP contribution is 2.31. The molecule has 2 unspecified atom stereocenters. The van der Waals surface area contributed by atoms with Gasteiger partial charge in [-0.3, -0.25) is 4.79 Å². The van der Waals surface area contributed by atoms with E-state index < -0.39 is 49.9 Å². The number of carbonyl (C=O) groups excluding carboxylic acids is 1. The molecule has 5 nitrogen and oxygen atoms in total. The molecule has 0 radical (unpaired) electrons. The van der Waals surface area contributed by atoms with Gasteiger partial charge >= 0.3 is 5.51 Å². The molecule has 38 heavy (non-hydrogen) atoms. The Morgan fingerprint density at radius 1 is 0.868 bits per heavy atom. The van der Waals surface area contributed by atoms with E-state index in [0.29, 0.717) is 5.39 Å². The van der Waals surface area contributed by atoms with Gasteiger partial charge in [0.2, 0.25) is 0 Å². The van der Waals surface area contributed by atoms with Crippen LogP contribution in [0.3, 0.4) is 0 Å². The second-order valence-electron chi connectivity index (χ2n) is 8.52. The molecule has 2 atom stereocenters. The molecular weight excluding hydrogens is 529 g/mol. The normalized spacial score (nSPS) is 13.7. The van der Waals surface area contributed by atoms with Gasteiger partial charge in [-0.25, -0.2) is 17.2 Å². The number of fused-ring (bicyclic) bond motifs is 1. The summed E-state index contributed by atoms with van der Waals surface area (Å²) in [6, 6.07) is 16.2. The highest BCUT2D eigenvalue weighted by Gasteiger charge is 2.46. The Bertz CT molecular complexity index is 1590. The number of nitrogens with one attached hydrogen (secondary N) is 1. The zero-order valence-corrected chi connectivity index (χ0v) is 20.2. The SMILES string of the molecule is O=C(NC(Cc1cccc(S(=O)(=O)C(F)(F)F)c1)C(O)c1ccc(F)cc1)c1ccc(F)c2ccccc12. The van der Waals surface area contributed by atoms with E-state index in [0.717, 1.165) is 36.4 Å². The lowest BCUT2D eigenvalue weighted by Gasteiger charge is -2.25. The molecule has 0 spiro atoms. The van der Waals surface area contributed by atoms with Crippen LogP contribution in [-0.4, -0.2) is 31.0 Å². The Morgan fingerprint density at radius 2 is 1.53 bits per heavy atom. The largest absolute Gasteiger partial charge is 0.501 e. The molecule has 0 aliphatic carbocycles. The first kappa shape index (κ1) is 27.2. The fourth-order valence-electron chi connectivity index (χ4n) is 4.07. The van der Waals surface area contributed by atoms with Gasteiger partial charge < -0.3 is 10.4 Å². The number of carbonyl (C=O) groups is 1. The molecule has 4 aromatic carbocycles. The summed E-state index contributed by atoms with van der Waals surface area (Å²) in [5, 5.41) is 14.1. The number of benzene rings is 4. The van der Waals surface area contributed by atoms with Crippen molar-refractivity contribution in [2.45, 2.75) is 29.0 Å². The minimum atomic E-state index is -5.63. The van der Waals surface area contributed by atoms with E-state index in [2.05, 4.69) is 5.32 Å². The molecule has 4 rings (SSSR count). The van der Waals surface area contributed by atoms with Gasteiger partial charge in [-0.1, -0.05) is 48.5 Å². The summed E-state index contributed by atoms with van der Waals surface area (Å²) in [6.45, 7) is 0. The molecule has 2 N–H and O–H groups in total. The Labute approximate surface area is 214 Å². The fraction of sp³-hybridized carbons (Fsp3) is 0.148. The predicted octanol–water partition coefficient (Wildman–Crippen LogP) is 5.49. The lowest BCUT2D eigenvalue weighted by molar-refractivity contribution is -0.0436. The van der Waals surface area contributed by atoms with E-state index in [4.69, 9.17) is 0 Å². The van der Waals surface area contributed by atoms with Gasteiger partial charge in [-0.05, 0) is 59.3 Å². The Balaban J connectivity index is 1.71. The van der Waals surface area contributed by atoms with Gasteiger partial charge in [-0.15, -0.1) is 0 Å². The average Bonchev–Trinajstić information content (AvgIpc) is 2.88. The summed E-state index contributed by atoms with van der Waals surface area (Å²) < 4.78 is 90.7. The number of aliphatic hydroxyl groups is 1.